The van der Waals surface area contributed by atoms with Gasteiger partial charge >= 0.3 is 0 Å². The third kappa shape index (κ3) is 3.93. The van der Waals surface area contributed by atoms with Crippen LogP contribution in [0.4, 0.5) is 0 Å². The molecule has 0 amide bonds. The molecule has 1 aliphatic heterocycles. The predicted molar refractivity (Wildman–Crippen MR) is 67.7 cm³/mol. The molecule has 2 rings (SSSR count). The monoisotopic (exact) mass is 261 g/mol. The maximum atomic E-state index is 11.3. The molecule has 1 saturated heterocycles. The maximum absolute atomic E-state index is 11.3. The first-order valence-electron chi connectivity index (χ1n) is 6.63. The van der Waals surface area contributed by atoms with Crippen molar-refractivity contribution < 1.29 is 13.5 Å². The van der Waals surface area contributed by atoms with Crippen LogP contribution in [0.25, 0.3) is 0 Å². The topological polar surface area (TPSA) is 66.4 Å². The zero-order valence-electron chi connectivity index (χ0n) is 10.3. The van der Waals surface area contributed by atoms with Crippen molar-refractivity contribution in [2.75, 3.05) is 24.6 Å². The first-order valence-corrected chi connectivity index (χ1v) is 8.45. The van der Waals surface area contributed by atoms with Gasteiger partial charge in [-0.15, -0.1) is 0 Å². The Kier molecular flexibility index (Phi) is 4.10. The minimum atomic E-state index is -2.77. The van der Waals surface area contributed by atoms with E-state index in [9.17, 15) is 13.5 Å². The molecule has 0 aromatic carbocycles. The van der Waals surface area contributed by atoms with Gasteiger partial charge in [-0.1, -0.05) is 19.3 Å². The molecule has 5 heteroatoms. The number of hydrogen-bond acceptors (Lipinski definition) is 4. The first kappa shape index (κ1) is 13.3. The van der Waals surface area contributed by atoms with E-state index in [0.717, 1.165) is 38.6 Å². The molecule has 1 atom stereocenters. The zero-order valence-corrected chi connectivity index (χ0v) is 11.1. The van der Waals surface area contributed by atoms with E-state index in [1.165, 1.54) is 6.42 Å². The van der Waals surface area contributed by atoms with Crippen LogP contribution in [0.2, 0.25) is 0 Å². The lowest BCUT2D eigenvalue weighted by molar-refractivity contribution is 0.00450. The van der Waals surface area contributed by atoms with Crippen molar-refractivity contribution in [3.05, 3.63) is 0 Å². The van der Waals surface area contributed by atoms with Gasteiger partial charge in [-0.05, 0) is 31.7 Å². The fourth-order valence-electron chi connectivity index (χ4n) is 2.93. The predicted octanol–water partition coefficient (Wildman–Crippen LogP) is 0.706. The lowest BCUT2D eigenvalue weighted by Crippen LogP contribution is -2.43. The highest BCUT2D eigenvalue weighted by molar-refractivity contribution is 7.91. The summed E-state index contributed by atoms with van der Waals surface area (Å²) in [4.78, 5) is 0. The van der Waals surface area contributed by atoms with Crippen LogP contribution in [0, 0.1) is 5.92 Å². The average molecular weight is 261 g/mol. The standard InChI is InChI=1S/C12H23NO3S/c14-12(5-2-1-3-6-12)10-13-8-11-4-7-17(15,16)9-11/h11,13-14H,1-10H2. The second-order valence-electron chi connectivity index (χ2n) is 5.68. The first-order chi connectivity index (χ1) is 7.99. The van der Waals surface area contributed by atoms with Gasteiger partial charge in [0.1, 0.15) is 0 Å². The highest BCUT2D eigenvalue weighted by atomic mass is 32.2. The smallest absolute Gasteiger partial charge is 0.150 e. The van der Waals surface area contributed by atoms with Gasteiger partial charge < -0.3 is 10.4 Å². The van der Waals surface area contributed by atoms with Gasteiger partial charge in [0.15, 0.2) is 9.84 Å². The summed E-state index contributed by atoms with van der Waals surface area (Å²) < 4.78 is 22.6. The van der Waals surface area contributed by atoms with E-state index in [1.807, 2.05) is 0 Å². The van der Waals surface area contributed by atoms with Crippen LogP contribution in [0.3, 0.4) is 0 Å². The lowest BCUT2D eigenvalue weighted by atomic mass is 9.85. The molecule has 1 aliphatic carbocycles. The molecule has 0 radical (unpaired) electrons. The quantitative estimate of drug-likeness (QED) is 0.782. The highest BCUT2D eigenvalue weighted by Crippen LogP contribution is 2.27. The van der Waals surface area contributed by atoms with Gasteiger partial charge in [0.05, 0.1) is 17.1 Å². The van der Waals surface area contributed by atoms with Crippen molar-refractivity contribution in [3.63, 3.8) is 0 Å². The van der Waals surface area contributed by atoms with Crippen molar-refractivity contribution in [1.29, 1.82) is 0 Å². The number of nitrogens with one attached hydrogen (secondary N) is 1. The number of hydrogen-bond donors (Lipinski definition) is 2. The fourth-order valence-corrected chi connectivity index (χ4v) is 4.79. The Morgan fingerprint density at radius 2 is 1.94 bits per heavy atom. The third-order valence-corrected chi connectivity index (χ3v) is 5.84. The van der Waals surface area contributed by atoms with Gasteiger partial charge in [-0.3, -0.25) is 0 Å². The minimum Gasteiger partial charge on any atom is -0.389 e. The molecule has 2 fully saturated rings. The van der Waals surface area contributed by atoms with Gasteiger partial charge in [0.25, 0.3) is 0 Å². The molecule has 1 heterocycles. The summed E-state index contributed by atoms with van der Waals surface area (Å²) in [6.07, 6.45) is 5.97. The van der Waals surface area contributed by atoms with Crippen LogP contribution in [0.1, 0.15) is 38.5 Å². The van der Waals surface area contributed by atoms with E-state index in [4.69, 9.17) is 0 Å². The van der Waals surface area contributed by atoms with Crippen molar-refractivity contribution in [1.82, 2.24) is 5.32 Å². The van der Waals surface area contributed by atoms with Gasteiger partial charge in [0.2, 0.25) is 0 Å². The Labute approximate surface area is 104 Å². The molecule has 2 N–H and O–H groups in total. The van der Waals surface area contributed by atoms with E-state index in [0.29, 0.717) is 18.1 Å². The van der Waals surface area contributed by atoms with Crippen LogP contribution in [-0.4, -0.2) is 43.7 Å². The lowest BCUT2D eigenvalue weighted by Gasteiger charge is -2.32. The molecule has 1 unspecified atom stereocenters. The largest absolute Gasteiger partial charge is 0.389 e. The Balaban J connectivity index is 1.69. The van der Waals surface area contributed by atoms with Crippen molar-refractivity contribution >= 4 is 9.84 Å². The molecule has 4 nitrogen and oxygen atoms in total. The number of rotatable bonds is 4. The van der Waals surface area contributed by atoms with Gasteiger partial charge in [-0.25, -0.2) is 8.42 Å². The third-order valence-electron chi connectivity index (χ3n) is 4.00. The number of sulfone groups is 1. The maximum Gasteiger partial charge on any atom is 0.150 e. The summed E-state index contributed by atoms with van der Waals surface area (Å²) in [6, 6.07) is 0. The molecular weight excluding hydrogens is 238 g/mol. The molecule has 2 aliphatic rings. The van der Waals surface area contributed by atoms with Gasteiger partial charge in [0, 0.05) is 6.54 Å². The van der Waals surface area contributed by atoms with Crippen molar-refractivity contribution in [2.24, 2.45) is 5.92 Å². The molecule has 100 valence electrons. The summed E-state index contributed by atoms with van der Waals surface area (Å²) in [6.45, 7) is 1.34. The molecular formula is C12H23NO3S. The zero-order chi connectivity index (χ0) is 12.4. The SMILES string of the molecule is O=S1(=O)CCC(CNCC2(O)CCCCC2)C1. The van der Waals surface area contributed by atoms with Gasteiger partial charge in [-0.2, -0.15) is 0 Å². The molecule has 0 aromatic rings. The van der Waals surface area contributed by atoms with Crippen LogP contribution in [0.5, 0.6) is 0 Å². The van der Waals surface area contributed by atoms with E-state index >= 15 is 0 Å². The number of aliphatic hydroxyl groups is 1. The van der Waals surface area contributed by atoms with E-state index < -0.39 is 15.4 Å². The van der Waals surface area contributed by atoms with Crippen LogP contribution in [0.15, 0.2) is 0 Å². The normalized spacial score (nSPS) is 31.5. The Morgan fingerprint density at radius 3 is 2.53 bits per heavy atom. The summed E-state index contributed by atoms with van der Waals surface area (Å²) in [7, 11) is -2.77. The highest BCUT2D eigenvalue weighted by Gasteiger charge is 2.31. The summed E-state index contributed by atoms with van der Waals surface area (Å²) in [5.41, 5.74) is -0.546. The Morgan fingerprint density at radius 1 is 1.24 bits per heavy atom. The van der Waals surface area contributed by atoms with E-state index in [-0.39, 0.29) is 5.92 Å². The van der Waals surface area contributed by atoms with Crippen LogP contribution >= 0.6 is 0 Å². The summed E-state index contributed by atoms with van der Waals surface area (Å²) >= 11 is 0. The second-order valence-corrected chi connectivity index (χ2v) is 7.91. The fraction of sp³-hybridized carbons (Fsp3) is 1.00. The van der Waals surface area contributed by atoms with E-state index in [2.05, 4.69) is 5.32 Å². The molecule has 1 saturated carbocycles. The second kappa shape index (κ2) is 5.24. The van der Waals surface area contributed by atoms with Crippen LogP contribution in [-0.2, 0) is 9.84 Å². The van der Waals surface area contributed by atoms with Crippen LogP contribution < -0.4 is 5.32 Å². The molecule has 0 bridgehead atoms. The van der Waals surface area contributed by atoms with Crippen molar-refractivity contribution in [3.8, 4) is 0 Å². The summed E-state index contributed by atoms with van der Waals surface area (Å²) in [5, 5.41) is 13.5. The molecule has 0 aromatic heterocycles. The minimum absolute atomic E-state index is 0.243. The molecule has 17 heavy (non-hydrogen) atoms. The average Bonchev–Trinajstić information content (AvgIpc) is 2.59. The van der Waals surface area contributed by atoms with E-state index in [1.54, 1.807) is 0 Å². The Hall–Kier alpha value is -0.130. The Bertz CT molecular complexity index is 347. The van der Waals surface area contributed by atoms with Crippen molar-refractivity contribution in [2.45, 2.75) is 44.1 Å². The molecule has 0 spiro atoms. The summed E-state index contributed by atoms with van der Waals surface area (Å²) in [5.74, 6) is 0.898.